The second-order valence-electron chi connectivity index (χ2n) is 8.46. The van der Waals surface area contributed by atoms with Crippen LogP contribution in [0.1, 0.15) is 80.5 Å². The van der Waals surface area contributed by atoms with E-state index in [2.05, 4.69) is 9.71 Å². The average molecular weight is 477 g/mol. The molecule has 0 saturated heterocycles. The van der Waals surface area contributed by atoms with Gasteiger partial charge in [-0.3, -0.25) is 4.79 Å². The summed E-state index contributed by atoms with van der Waals surface area (Å²) in [6.45, 7) is 10.2. The van der Waals surface area contributed by atoms with Crippen molar-refractivity contribution in [1.29, 1.82) is 0 Å². The van der Waals surface area contributed by atoms with Crippen LogP contribution in [0.2, 0.25) is 0 Å². The smallest absolute Gasteiger partial charge is 0.416 e. The number of carbonyl (C=O) groups excluding carboxylic acids is 1. The summed E-state index contributed by atoms with van der Waals surface area (Å²) in [5.74, 6) is -1.05. The van der Waals surface area contributed by atoms with Crippen molar-refractivity contribution in [2.45, 2.75) is 75.9 Å². The molecule has 1 aromatic heterocycles. The van der Waals surface area contributed by atoms with Crippen LogP contribution in [-0.2, 0) is 34.4 Å². The second kappa shape index (κ2) is 9.48. The average Bonchev–Trinajstić information content (AvgIpc) is 3.10. The Morgan fingerprint density at radius 3 is 2.10 bits per heavy atom. The van der Waals surface area contributed by atoms with E-state index < -0.39 is 34.6 Å². The van der Waals surface area contributed by atoms with Crippen LogP contribution in [-0.4, -0.2) is 20.6 Å². The number of nitrogens with one attached hydrogen (secondary N) is 1. The Kier molecular flexibility index (Phi) is 7.84. The third-order valence-corrected chi connectivity index (χ3v) is 7.32. The van der Waals surface area contributed by atoms with E-state index in [1.807, 2.05) is 0 Å². The minimum Gasteiger partial charge on any atom is -0.586 e. The molecule has 2 N–H and O–H groups in total. The van der Waals surface area contributed by atoms with Crippen molar-refractivity contribution in [2.24, 2.45) is 0 Å². The zero-order valence-electron chi connectivity index (χ0n) is 18.3. The first kappa shape index (κ1) is 25.6. The maximum absolute atomic E-state index is 13.4. The van der Waals surface area contributed by atoms with Crippen molar-refractivity contribution < 1.29 is 27.6 Å². The molecule has 172 valence electrons. The summed E-state index contributed by atoms with van der Waals surface area (Å²) in [6.07, 6.45) is -3.29. The highest BCUT2D eigenvalue weighted by molar-refractivity contribution is 7.92. The van der Waals surface area contributed by atoms with Crippen LogP contribution in [0.25, 0.3) is 0 Å². The summed E-state index contributed by atoms with van der Waals surface area (Å²) in [4.78, 5) is 17.1. The van der Waals surface area contributed by atoms with Crippen molar-refractivity contribution in [3.8, 4) is 0 Å². The molecule has 1 aromatic carbocycles. The molecule has 0 spiro atoms. The van der Waals surface area contributed by atoms with E-state index in [0.29, 0.717) is 21.6 Å². The van der Waals surface area contributed by atoms with Gasteiger partial charge >= 0.3 is 10.5 Å². The topological polar surface area (TPSA) is 85.3 Å². The zero-order valence-corrected chi connectivity index (χ0v) is 19.9. The van der Waals surface area contributed by atoms with E-state index in [4.69, 9.17) is 0 Å². The predicted octanol–water partition coefficient (Wildman–Crippen LogP) is 5.02. The molecule has 0 aliphatic rings. The van der Waals surface area contributed by atoms with Crippen molar-refractivity contribution in [3.63, 3.8) is 0 Å². The molecule has 31 heavy (non-hydrogen) atoms. The molecule has 2 aromatic rings. The van der Waals surface area contributed by atoms with Gasteiger partial charge in [-0.25, -0.2) is 0 Å². The Labute approximate surface area is 187 Å². The second-order valence-corrected chi connectivity index (χ2v) is 10.9. The molecule has 5 nitrogen and oxygen atoms in total. The molecule has 10 heteroatoms. The molecular formula is C21H27F3N2O3S2. The third kappa shape index (κ3) is 6.44. The number of alkyl halides is 3. The van der Waals surface area contributed by atoms with E-state index >= 15 is 0 Å². The van der Waals surface area contributed by atoms with E-state index in [1.54, 1.807) is 41.5 Å². The van der Waals surface area contributed by atoms with Gasteiger partial charge in [-0.15, -0.1) is 0 Å². The van der Waals surface area contributed by atoms with Crippen LogP contribution in [0.15, 0.2) is 22.7 Å². The number of amides is 1. The van der Waals surface area contributed by atoms with Gasteiger partial charge in [-0.05, 0) is 54.5 Å². The van der Waals surface area contributed by atoms with Crippen molar-refractivity contribution in [1.82, 2.24) is 9.71 Å². The van der Waals surface area contributed by atoms with Gasteiger partial charge in [-0.1, -0.05) is 39.0 Å². The van der Waals surface area contributed by atoms with Crippen LogP contribution >= 0.6 is 11.3 Å². The van der Waals surface area contributed by atoms with Crippen molar-refractivity contribution in [3.05, 3.63) is 45.5 Å². The van der Waals surface area contributed by atoms with Crippen LogP contribution in [0.3, 0.4) is 0 Å². The lowest BCUT2D eigenvalue weighted by atomic mass is 9.85. The molecule has 0 radical (unpaired) electrons. The lowest BCUT2D eigenvalue weighted by Gasteiger charge is -2.22. The first-order valence-electron chi connectivity index (χ1n) is 9.75. The Morgan fingerprint density at radius 2 is 1.71 bits per heavy atom. The Bertz CT molecular complexity index is 906. The number of thiazole rings is 1. The minimum atomic E-state index is -4.49. The van der Waals surface area contributed by atoms with Crippen LogP contribution in [0.5, 0.6) is 0 Å². The molecule has 2 rings (SSSR count). The van der Waals surface area contributed by atoms with Crippen molar-refractivity contribution >= 4 is 28.6 Å². The molecule has 0 fully saturated rings. The van der Waals surface area contributed by atoms with E-state index in [1.165, 1.54) is 6.20 Å². The van der Waals surface area contributed by atoms with Gasteiger partial charge in [0.25, 0.3) is 5.91 Å². The number of rotatable bonds is 7. The summed E-state index contributed by atoms with van der Waals surface area (Å²) >= 11 is -0.921. The predicted molar refractivity (Wildman–Crippen MR) is 115 cm³/mol. The maximum atomic E-state index is 13.4. The van der Waals surface area contributed by atoms with Gasteiger partial charge in [-0.2, -0.15) is 22.9 Å². The molecule has 0 bridgehead atoms. The van der Waals surface area contributed by atoms with Gasteiger partial charge in [0, 0.05) is 6.20 Å². The number of benzene rings is 1. The quantitative estimate of drug-likeness (QED) is 0.550. The monoisotopic (exact) mass is 476 g/mol. The number of aromatic nitrogens is 1. The number of hydrogen-bond donors (Lipinski definition) is 2. The molecule has 1 heterocycles. The van der Waals surface area contributed by atoms with E-state index in [9.17, 15) is 27.6 Å². The number of aliphatic hydroxyl groups is 1. The summed E-state index contributed by atoms with van der Waals surface area (Å²) < 4.78 is 55.1. The van der Waals surface area contributed by atoms with E-state index in [-0.39, 0.29) is 22.6 Å². The van der Waals surface area contributed by atoms with Gasteiger partial charge in [0.2, 0.25) is 0 Å². The summed E-state index contributed by atoms with van der Waals surface area (Å²) in [5.41, 5.74) is -0.489. The number of nitrogens with zero attached hydrogens (tertiary/aromatic N) is 1. The van der Waals surface area contributed by atoms with E-state index in [0.717, 1.165) is 23.5 Å². The highest BCUT2D eigenvalue weighted by Gasteiger charge is 2.33. The molecule has 0 aliphatic heterocycles. The Balaban J connectivity index is 2.32. The van der Waals surface area contributed by atoms with Gasteiger partial charge < -0.3 is 9.66 Å². The Hall–Kier alpha value is -1.62. The summed E-state index contributed by atoms with van der Waals surface area (Å²) in [6, 6.07) is 2.18. The fourth-order valence-electron chi connectivity index (χ4n) is 3.09. The fourth-order valence-corrected chi connectivity index (χ4v) is 4.95. The lowest BCUT2D eigenvalue weighted by Crippen LogP contribution is -2.32. The van der Waals surface area contributed by atoms with Crippen molar-refractivity contribution in [2.75, 3.05) is 0 Å². The summed E-state index contributed by atoms with van der Waals surface area (Å²) in [5, 5.41) is 10.0. The Morgan fingerprint density at radius 1 is 1.19 bits per heavy atom. The molecule has 0 saturated carbocycles. The first-order valence-corrected chi connectivity index (χ1v) is 11.7. The maximum Gasteiger partial charge on any atom is 0.416 e. The fraction of sp³-hybridized carbons (Fsp3) is 0.524. The lowest BCUT2D eigenvalue weighted by molar-refractivity contribution is -0.137. The highest BCUT2D eigenvalue weighted by atomic mass is 32.2. The molecule has 1 unspecified atom stereocenters. The third-order valence-electron chi connectivity index (χ3n) is 4.68. The molecular weight excluding hydrogens is 449 g/mol. The molecule has 0 aliphatic carbocycles. The molecule has 1 atom stereocenters. The van der Waals surface area contributed by atoms with Gasteiger partial charge in [0.1, 0.15) is 11.4 Å². The normalized spacial score (nSPS) is 13.7. The SMILES string of the molecule is CC(C)c1cc(C(F)(F)F)cc(C(C)C)c1CC(=O)N[S+]([O-])c1ncc(C(C)(C)O)s1. The summed E-state index contributed by atoms with van der Waals surface area (Å²) in [7, 11) is 0. The van der Waals surface area contributed by atoms with Gasteiger partial charge in [0.05, 0.1) is 22.5 Å². The first-order chi connectivity index (χ1) is 14.1. The zero-order chi connectivity index (χ0) is 23.7. The number of hydrogen-bond acceptors (Lipinski definition) is 5. The number of carbonyl (C=O) groups is 1. The van der Waals surface area contributed by atoms with Crippen LogP contribution in [0.4, 0.5) is 13.2 Å². The standard InChI is InChI=1S/C21H27F3N2O3S2/c1-11(2)14-7-13(21(22,23)24)8-15(12(3)4)16(14)9-18(27)26-31(29)19-25-10-17(30-19)20(5,6)28/h7-8,10-12,28H,9H2,1-6H3,(H,26,27). The largest absolute Gasteiger partial charge is 0.586 e. The number of halogens is 3. The van der Waals surface area contributed by atoms with Crippen LogP contribution < -0.4 is 4.72 Å². The van der Waals surface area contributed by atoms with Crippen LogP contribution in [0, 0.1) is 0 Å². The van der Waals surface area contributed by atoms with Gasteiger partial charge in [0.15, 0.2) is 0 Å². The minimum absolute atomic E-state index is 0.131. The highest BCUT2D eigenvalue weighted by Crippen LogP contribution is 2.37. The molecule has 1 amide bonds.